The number of carbonyl (C=O) groups is 1. The highest BCUT2D eigenvalue weighted by atomic mass is 16.2. The van der Waals surface area contributed by atoms with Gasteiger partial charge in [-0.3, -0.25) is 0 Å². The van der Waals surface area contributed by atoms with Crippen molar-refractivity contribution >= 4 is 17.7 Å². The fourth-order valence-corrected chi connectivity index (χ4v) is 3.92. The molecule has 3 rings (SSSR count). The van der Waals surface area contributed by atoms with E-state index in [0.29, 0.717) is 12.0 Å². The van der Waals surface area contributed by atoms with Gasteiger partial charge in [0, 0.05) is 31.4 Å². The first-order chi connectivity index (χ1) is 13.0. The van der Waals surface area contributed by atoms with Crippen molar-refractivity contribution in [1.82, 2.24) is 15.5 Å². The number of hydrogen-bond donors (Lipinski definition) is 3. The van der Waals surface area contributed by atoms with Gasteiger partial charge in [0.1, 0.15) is 0 Å². The van der Waals surface area contributed by atoms with Gasteiger partial charge in [0.2, 0.25) is 0 Å². The zero-order valence-corrected chi connectivity index (χ0v) is 16.8. The molecule has 1 aliphatic carbocycles. The number of anilines is 1. The van der Waals surface area contributed by atoms with Crippen LogP contribution in [0.1, 0.15) is 52.0 Å². The summed E-state index contributed by atoms with van der Waals surface area (Å²) in [6.07, 6.45) is 5.44. The summed E-state index contributed by atoms with van der Waals surface area (Å²) in [6.45, 7) is 9.78. The minimum absolute atomic E-state index is 0.118. The molecule has 1 spiro atoms. The summed E-state index contributed by atoms with van der Waals surface area (Å²) < 4.78 is 0. The SMILES string of the molecule is CCNC(=NCc1ccc(NC(=O)NC(C)C)cc1)N1CCC2(CCC2)C1. The van der Waals surface area contributed by atoms with Crippen molar-refractivity contribution in [2.45, 2.75) is 59.0 Å². The zero-order chi connectivity index (χ0) is 19.3. The van der Waals surface area contributed by atoms with Gasteiger partial charge >= 0.3 is 6.03 Å². The van der Waals surface area contributed by atoms with Crippen molar-refractivity contribution in [2.75, 3.05) is 25.0 Å². The summed E-state index contributed by atoms with van der Waals surface area (Å²) >= 11 is 0. The fraction of sp³-hybridized carbons (Fsp3) is 0.619. The van der Waals surface area contributed by atoms with Gasteiger partial charge in [-0.2, -0.15) is 0 Å². The Morgan fingerprint density at radius 2 is 1.96 bits per heavy atom. The Kier molecular flexibility index (Phi) is 6.24. The second kappa shape index (κ2) is 8.63. The number of benzene rings is 1. The predicted octanol–water partition coefficient (Wildman–Crippen LogP) is 3.56. The van der Waals surface area contributed by atoms with Crippen molar-refractivity contribution in [3.05, 3.63) is 29.8 Å². The Bertz CT molecular complexity index is 664. The smallest absolute Gasteiger partial charge is 0.319 e. The molecular weight excluding hydrogens is 338 g/mol. The minimum atomic E-state index is -0.177. The Labute approximate surface area is 162 Å². The number of amides is 2. The lowest BCUT2D eigenvalue weighted by Gasteiger charge is -2.38. The van der Waals surface area contributed by atoms with Crippen molar-refractivity contribution < 1.29 is 4.79 Å². The molecular formula is C21H33N5O. The van der Waals surface area contributed by atoms with Crippen molar-refractivity contribution in [2.24, 2.45) is 10.4 Å². The maximum atomic E-state index is 11.8. The minimum Gasteiger partial charge on any atom is -0.357 e. The molecule has 2 aliphatic rings. The largest absolute Gasteiger partial charge is 0.357 e. The molecule has 2 amide bonds. The van der Waals surface area contributed by atoms with E-state index in [2.05, 4.69) is 27.8 Å². The molecule has 2 fully saturated rings. The molecule has 6 nitrogen and oxygen atoms in total. The Morgan fingerprint density at radius 1 is 1.22 bits per heavy atom. The topological polar surface area (TPSA) is 68.8 Å². The Hall–Kier alpha value is -2.24. The molecule has 0 aromatic heterocycles. The molecule has 1 aromatic carbocycles. The van der Waals surface area contributed by atoms with Crippen molar-refractivity contribution in [3.8, 4) is 0 Å². The van der Waals surface area contributed by atoms with Gasteiger partial charge in [-0.1, -0.05) is 18.6 Å². The van der Waals surface area contributed by atoms with Crippen LogP contribution in [-0.2, 0) is 6.54 Å². The van der Waals surface area contributed by atoms with E-state index >= 15 is 0 Å². The highest BCUT2D eigenvalue weighted by molar-refractivity contribution is 5.89. The summed E-state index contributed by atoms with van der Waals surface area (Å²) in [7, 11) is 0. The lowest BCUT2D eigenvalue weighted by Crippen LogP contribution is -2.42. The monoisotopic (exact) mass is 371 g/mol. The maximum absolute atomic E-state index is 11.8. The van der Waals surface area contributed by atoms with Gasteiger partial charge in [-0.15, -0.1) is 0 Å². The van der Waals surface area contributed by atoms with E-state index in [4.69, 9.17) is 4.99 Å². The number of guanidine groups is 1. The third-order valence-corrected chi connectivity index (χ3v) is 5.53. The number of aliphatic imine (C=N–C) groups is 1. The number of rotatable bonds is 5. The third kappa shape index (κ3) is 5.15. The van der Waals surface area contributed by atoms with Crippen LogP contribution in [0.5, 0.6) is 0 Å². The number of urea groups is 1. The zero-order valence-electron chi connectivity index (χ0n) is 16.8. The second-order valence-electron chi connectivity index (χ2n) is 8.15. The van der Waals surface area contributed by atoms with E-state index in [0.717, 1.165) is 36.8 Å². The van der Waals surface area contributed by atoms with Crippen LogP contribution in [-0.4, -0.2) is 42.6 Å². The molecule has 1 saturated heterocycles. The summed E-state index contributed by atoms with van der Waals surface area (Å²) in [5, 5.41) is 9.11. The van der Waals surface area contributed by atoms with Crippen LogP contribution in [0.3, 0.4) is 0 Å². The summed E-state index contributed by atoms with van der Waals surface area (Å²) in [6, 6.07) is 7.84. The molecule has 0 bridgehead atoms. The Morgan fingerprint density at radius 3 is 2.52 bits per heavy atom. The lowest BCUT2D eigenvalue weighted by atomic mass is 9.68. The van der Waals surface area contributed by atoms with Crippen LogP contribution >= 0.6 is 0 Å². The summed E-state index contributed by atoms with van der Waals surface area (Å²) in [5.41, 5.74) is 2.50. The molecule has 1 aromatic rings. The quantitative estimate of drug-likeness (QED) is 0.548. The maximum Gasteiger partial charge on any atom is 0.319 e. The average molecular weight is 372 g/mol. The molecule has 6 heteroatoms. The normalized spacial score (nSPS) is 18.5. The van der Waals surface area contributed by atoms with Gasteiger partial charge in [-0.05, 0) is 63.1 Å². The van der Waals surface area contributed by atoms with Crippen molar-refractivity contribution in [1.29, 1.82) is 0 Å². The first kappa shape index (κ1) is 19.5. The molecule has 0 atom stereocenters. The van der Waals surface area contributed by atoms with Crippen molar-refractivity contribution in [3.63, 3.8) is 0 Å². The van der Waals surface area contributed by atoms with E-state index in [1.54, 1.807) is 0 Å². The van der Waals surface area contributed by atoms with Crippen LogP contribution in [0.2, 0.25) is 0 Å². The summed E-state index contributed by atoms with van der Waals surface area (Å²) in [4.78, 5) is 19.0. The van der Waals surface area contributed by atoms with Crippen LogP contribution < -0.4 is 16.0 Å². The summed E-state index contributed by atoms with van der Waals surface area (Å²) in [5.74, 6) is 1.03. The van der Waals surface area contributed by atoms with Crippen LogP contribution in [0.25, 0.3) is 0 Å². The van der Waals surface area contributed by atoms with Gasteiger partial charge < -0.3 is 20.9 Å². The highest BCUT2D eigenvalue weighted by Crippen LogP contribution is 2.47. The van der Waals surface area contributed by atoms with E-state index in [-0.39, 0.29) is 12.1 Å². The standard InChI is InChI=1S/C21H33N5O/c1-4-22-19(26-13-12-21(15-26)10-5-11-21)23-14-17-6-8-18(9-7-17)25-20(27)24-16(2)3/h6-9,16H,4-5,10-15H2,1-3H3,(H,22,23)(H2,24,25,27). The number of likely N-dealkylation sites (tertiary alicyclic amines) is 1. The fourth-order valence-electron chi connectivity index (χ4n) is 3.92. The van der Waals surface area contributed by atoms with Crippen LogP contribution in [0, 0.1) is 5.41 Å². The van der Waals surface area contributed by atoms with Gasteiger partial charge in [0.05, 0.1) is 6.54 Å². The van der Waals surface area contributed by atoms with E-state index in [1.807, 2.05) is 38.1 Å². The van der Waals surface area contributed by atoms with Crippen LogP contribution in [0.15, 0.2) is 29.3 Å². The number of nitrogens with one attached hydrogen (secondary N) is 3. The van der Waals surface area contributed by atoms with Crippen LogP contribution in [0.4, 0.5) is 10.5 Å². The predicted molar refractivity (Wildman–Crippen MR) is 111 cm³/mol. The molecule has 1 saturated carbocycles. The molecule has 3 N–H and O–H groups in total. The molecule has 0 radical (unpaired) electrons. The molecule has 27 heavy (non-hydrogen) atoms. The number of hydrogen-bond acceptors (Lipinski definition) is 2. The molecule has 0 unspecified atom stereocenters. The highest BCUT2D eigenvalue weighted by Gasteiger charge is 2.43. The van der Waals surface area contributed by atoms with E-state index in [1.165, 1.54) is 25.7 Å². The van der Waals surface area contributed by atoms with Gasteiger partial charge in [0.25, 0.3) is 0 Å². The van der Waals surface area contributed by atoms with E-state index < -0.39 is 0 Å². The lowest BCUT2D eigenvalue weighted by molar-refractivity contribution is 0.151. The second-order valence-corrected chi connectivity index (χ2v) is 8.15. The van der Waals surface area contributed by atoms with Gasteiger partial charge in [0.15, 0.2) is 5.96 Å². The van der Waals surface area contributed by atoms with E-state index in [9.17, 15) is 4.79 Å². The first-order valence-corrected chi connectivity index (χ1v) is 10.2. The third-order valence-electron chi connectivity index (χ3n) is 5.53. The van der Waals surface area contributed by atoms with Gasteiger partial charge in [-0.25, -0.2) is 9.79 Å². The molecule has 1 heterocycles. The molecule has 148 valence electrons. The average Bonchev–Trinajstić information content (AvgIpc) is 3.05. The molecule has 1 aliphatic heterocycles. The number of carbonyl (C=O) groups excluding carboxylic acids is 1. The number of nitrogens with zero attached hydrogens (tertiary/aromatic N) is 2. The first-order valence-electron chi connectivity index (χ1n) is 10.2. The Balaban J connectivity index is 1.57.